The van der Waals surface area contributed by atoms with Gasteiger partial charge in [-0.2, -0.15) is 0 Å². The van der Waals surface area contributed by atoms with Gasteiger partial charge >= 0.3 is 0 Å². The number of aryl methyl sites for hydroxylation is 1. The Kier molecular flexibility index (Phi) is 5.55. The molecule has 4 aromatic rings. The van der Waals surface area contributed by atoms with Crippen molar-refractivity contribution in [3.05, 3.63) is 93.5 Å². The summed E-state index contributed by atoms with van der Waals surface area (Å²) in [6, 6.07) is 19.5. The second-order valence-corrected chi connectivity index (χ2v) is 7.44. The number of carbonyl (C=O) groups excluding carboxylic acids is 1. The van der Waals surface area contributed by atoms with E-state index in [4.69, 9.17) is 9.72 Å². The highest BCUT2D eigenvalue weighted by atomic mass is 16.6. The van der Waals surface area contributed by atoms with E-state index in [0.717, 1.165) is 16.9 Å². The van der Waals surface area contributed by atoms with Crippen LogP contribution in [0.4, 0.5) is 11.4 Å². The van der Waals surface area contributed by atoms with Crippen LogP contribution in [-0.4, -0.2) is 22.9 Å². The molecule has 0 fully saturated rings. The van der Waals surface area contributed by atoms with E-state index in [1.165, 1.54) is 6.07 Å². The summed E-state index contributed by atoms with van der Waals surface area (Å²) in [7, 11) is 1.60. The summed E-state index contributed by atoms with van der Waals surface area (Å²) in [6.45, 7) is 3.59. The van der Waals surface area contributed by atoms with E-state index in [2.05, 4.69) is 5.32 Å². The first-order valence-corrected chi connectivity index (χ1v) is 9.99. The van der Waals surface area contributed by atoms with Crippen molar-refractivity contribution in [1.82, 2.24) is 4.98 Å². The lowest BCUT2D eigenvalue weighted by Gasteiger charge is -2.15. The maximum atomic E-state index is 13.4. The highest BCUT2D eigenvalue weighted by Crippen LogP contribution is 2.32. The van der Waals surface area contributed by atoms with Gasteiger partial charge in [-0.3, -0.25) is 14.9 Å². The van der Waals surface area contributed by atoms with Gasteiger partial charge in [-0.25, -0.2) is 4.98 Å². The molecule has 0 aliphatic rings. The van der Waals surface area contributed by atoms with E-state index in [-0.39, 0.29) is 11.4 Å². The van der Waals surface area contributed by atoms with E-state index < -0.39 is 10.8 Å². The number of benzene rings is 3. The topological polar surface area (TPSA) is 94.4 Å². The maximum Gasteiger partial charge on any atom is 0.293 e. The van der Waals surface area contributed by atoms with Crippen LogP contribution in [0.5, 0.6) is 5.75 Å². The molecule has 0 unspecified atom stereocenters. The van der Waals surface area contributed by atoms with Gasteiger partial charge < -0.3 is 10.1 Å². The number of nitrogens with zero attached hydrogens (tertiary/aromatic N) is 2. The van der Waals surface area contributed by atoms with Crippen LogP contribution in [0.1, 0.15) is 21.5 Å². The maximum absolute atomic E-state index is 13.4. The van der Waals surface area contributed by atoms with E-state index in [1.807, 2.05) is 55.5 Å². The average molecular weight is 427 g/mol. The minimum atomic E-state index is -0.497. The Morgan fingerprint density at radius 1 is 1.03 bits per heavy atom. The summed E-state index contributed by atoms with van der Waals surface area (Å²) in [5, 5.41) is 14.9. The fourth-order valence-corrected chi connectivity index (χ4v) is 3.71. The van der Waals surface area contributed by atoms with Crippen molar-refractivity contribution in [2.45, 2.75) is 13.8 Å². The predicted octanol–water partition coefficient (Wildman–Crippen LogP) is 5.69. The first kappa shape index (κ1) is 21.0. The Morgan fingerprint density at radius 3 is 2.44 bits per heavy atom. The molecule has 1 aromatic heterocycles. The summed E-state index contributed by atoms with van der Waals surface area (Å²) in [4.78, 5) is 29.2. The Labute approximate surface area is 184 Å². The molecule has 32 heavy (non-hydrogen) atoms. The molecule has 7 nitrogen and oxygen atoms in total. The molecule has 0 atom stereocenters. The molecule has 0 radical (unpaired) electrons. The lowest BCUT2D eigenvalue weighted by Crippen LogP contribution is -2.16. The number of fused-ring (bicyclic) bond motifs is 1. The number of nitro groups is 1. The Morgan fingerprint density at radius 2 is 1.75 bits per heavy atom. The van der Waals surface area contributed by atoms with Crippen molar-refractivity contribution in [1.29, 1.82) is 0 Å². The van der Waals surface area contributed by atoms with Crippen LogP contribution in [0.25, 0.3) is 22.2 Å². The second kappa shape index (κ2) is 8.47. The number of para-hydroxylation sites is 1. The van der Waals surface area contributed by atoms with Crippen LogP contribution < -0.4 is 10.1 Å². The largest absolute Gasteiger partial charge is 0.497 e. The van der Waals surface area contributed by atoms with Crippen LogP contribution >= 0.6 is 0 Å². The summed E-state index contributed by atoms with van der Waals surface area (Å²) < 4.78 is 5.23. The smallest absolute Gasteiger partial charge is 0.293 e. The Balaban J connectivity index is 1.85. The van der Waals surface area contributed by atoms with Crippen LogP contribution in [0, 0.1) is 24.0 Å². The predicted molar refractivity (Wildman–Crippen MR) is 124 cm³/mol. The first-order valence-electron chi connectivity index (χ1n) is 9.99. The molecule has 1 amide bonds. The zero-order valence-electron chi connectivity index (χ0n) is 17.9. The number of pyridine rings is 1. The van der Waals surface area contributed by atoms with Crippen LogP contribution in [0.2, 0.25) is 0 Å². The fraction of sp³-hybridized carbons (Fsp3) is 0.120. The number of ether oxygens (including phenoxy) is 1. The third kappa shape index (κ3) is 3.88. The number of amides is 1. The third-order valence-electron chi connectivity index (χ3n) is 5.32. The van der Waals surface area contributed by atoms with Crippen molar-refractivity contribution in [3.63, 3.8) is 0 Å². The van der Waals surface area contributed by atoms with E-state index in [0.29, 0.717) is 27.7 Å². The molecule has 3 aromatic carbocycles. The van der Waals surface area contributed by atoms with Gasteiger partial charge in [0.15, 0.2) is 0 Å². The number of nitro benzene ring substituents is 1. The van der Waals surface area contributed by atoms with Crippen molar-refractivity contribution < 1.29 is 14.5 Å². The zero-order chi connectivity index (χ0) is 22.8. The Hall–Kier alpha value is -4.26. The minimum Gasteiger partial charge on any atom is -0.497 e. The van der Waals surface area contributed by atoms with Crippen molar-refractivity contribution in [2.24, 2.45) is 0 Å². The zero-order valence-corrected chi connectivity index (χ0v) is 17.9. The molecule has 4 rings (SSSR count). The number of nitrogens with one attached hydrogen (secondary N) is 1. The monoisotopic (exact) mass is 427 g/mol. The highest BCUT2D eigenvalue weighted by molar-refractivity contribution is 6.15. The third-order valence-corrected chi connectivity index (χ3v) is 5.32. The van der Waals surface area contributed by atoms with Crippen LogP contribution in [-0.2, 0) is 0 Å². The number of rotatable bonds is 5. The molecule has 0 saturated carbocycles. The molecule has 0 saturated heterocycles. The molecular weight excluding hydrogens is 406 g/mol. The summed E-state index contributed by atoms with van der Waals surface area (Å²) in [5.74, 6) is 0.291. The van der Waals surface area contributed by atoms with Gasteiger partial charge in [-0.15, -0.1) is 0 Å². The molecule has 160 valence electrons. The van der Waals surface area contributed by atoms with Gasteiger partial charge in [-0.1, -0.05) is 24.3 Å². The molecule has 0 aliphatic heterocycles. The van der Waals surface area contributed by atoms with Crippen LogP contribution in [0.15, 0.2) is 66.7 Å². The fourth-order valence-electron chi connectivity index (χ4n) is 3.71. The number of hydrogen-bond acceptors (Lipinski definition) is 5. The number of carbonyl (C=O) groups is 1. The van der Waals surface area contributed by atoms with Crippen molar-refractivity contribution in [3.8, 4) is 17.0 Å². The molecular formula is C25H21N3O4. The van der Waals surface area contributed by atoms with Crippen LogP contribution in [0.3, 0.4) is 0 Å². The second-order valence-electron chi connectivity index (χ2n) is 7.44. The molecule has 0 spiro atoms. The molecule has 7 heteroatoms. The lowest BCUT2D eigenvalue weighted by atomic mass is 9.97. The van der Waals surface area contributed by atoms with Gasteiger partial charge in [0.05, 0.1) is 28.8 Å². The summed E-state index contributed by atoms with van der Waals surface area (Å²) >= 11 is 0. The standard InChI is InChI=1S/C25H21N3O4/c1-15-8-13-21(22(14-15)28(30)31)27-25(29)23-16(2)24(17-9-11-18(32-3)12-10-17)26-20-7-5-4-6-19(20)23/h4-14H,1-3H3,(H,27,29). The number of anilines is 1. The summed E-state index contributed by atoms with van der Waals surface area (Å²) in [5.41, 5.74) is 4.01. The molecule has 1 heterocycles. The first-order chi connectivity index (χ1) is 15.4. The van der Waals surface area contributed by atoms with Gasteiger partial charge in [0.25, 0.3) is 11.6 Å². The Bertz CT molecular complexity index is 1350. The molecule has 1 N–H and O–H groups in total. The van der Waals surface area contributed by atoms with Crippen molar-refractivity contribution in [2.75, 3.05) is 12.4 Å². The molecule has 0 aliphatic carbocycles. The molecule has 0 bridgehead atoms. The number of aromatic nitrogens is 1. The highest BCUT2D eigenvalue weighted by Gasteiger charge is 2.22. The average Bonchev–Trinajstić information content (AvgIpc) is 2.79. The van der Waals surface area contributed by atoms with E-state index >= 15 is 0 Å². The normalized spacial score (nSPS) is 10.7. The SMILES string of the molecule is COc1ccc(-c2nc3ccccc3c(C(=O)Nc3ccc(C)cc3[N+](=O)[O-])c2C)cc1. The number of methoxy groups -OCH3 is 1. The van der Waals surface area contributed by atoms with Crippen molar-refractivity contribution >= 4 is 28.2 Å². The quantitative estimate of drug-likeness (QED) is 0.326. The minimum absolute atomic E-state index is 0.148. The number of hydrogen-bond donors (Lipinski definition) is 1. The van der Waals surface area contributed by atoms with E-state index in [1.54, 1.807) is 26.2 Å². The summed E-state index contributed by atoms with van der Waals surface area (Å²) in [6.07, 6.45) is 0. The van der Waals surface area contributed by atoms with E-state index in [9.17, 15) is 14.9 Å². The van der Waals surface area contributed by atoms with Gasteiger partial charge in [0, 0.05) is 17.0 Å². The van der Waals surface area contributed by atoms with Gasteiger partial charge in [0.1, 0.15) is 11.4 Å². The van der Waals surface area contributed by atoms with Gasteiger partial charge in [-0.05, 0) is 61.4 Å². The van der Waals surface area contributed by atoms with Gasteiger partial charge in [0.2, 0.25) is 0 Å². The lowest BCUT2D eigenvalue weighted by molar-refractivity contribution is -0.384.